The Bertz CT molecular complexity index is 700. The van der Waals surface area contributed by atoms with Gasteiger partial charge < -0.3 is 4.42 Å². The van der Waals surface area contributed by atoms with E-state index in [4.69, 9.17) is 4.42 Å². The third-order valence-electron chi connectivity index (χ3n) is 2.57. The topological polar surface area (TPSA) is 56.3 Å². The van der Waals surface area contributed by atoms with Gasteiger partial charge in [-0.25, -0.2) is 0 Å². The molecule has 0 N–H and O–H groups in total. The fraction of sp³-hybridized carbons (Fsp3) is 0. The lowest BCUT2D eigenvalue weighted by Crippen LogP contribution is -1.85. The molecule has 0 aliphatic carbocycles. The third kappa shape index (κ3) is 1.16. The molecule has 78 valence electrons. The number of para-hydroxylation sites is 1. The first kappa shape index (κ1) is 8.91. The molecule has 3 rings (SSSR count). The quantitative estimate of drug-likeness (QED) is 0.459. The number of non-ortho nitro benzene ring substituents is 1. The van der Waals surface area contributed by atoms with Crippen LogP contribution in [0, 0.1) is 10.1 Å². The molecule has 0 bridgehead atoms. The molecule has 3 aromatic rings. The third-order valence-corrected chi connectivity index (χ3v) is 2.57. The zero-order chi connectivity index (χ0) is 11.1. The molecule has 0 saturated carbocycles. The number of hydrogen-bond donors (Lipinski definition) is 0. The lowest BCUT2D eigenvalue weighted by molar-refractivity contribution is -0.384. The molecular weight excluding hydrogens is 206 g/mol. The van der Waals surface area contributed by atoms with E-state index < -0.39 is 4.92 Å². The summed E-state index contributed by atoms with van der Waals surface area (Å²) in [5.74, 6) is 0. The molecule has 0 unspecified atom stereocenters. The van der Waals surface area contributed by atoms with Crippen LogP contribution in [0.3, 0.4) is 0 Å². The number of benzene rings is 2. The van der Waals surface area contributed by atoms with Crippen molar-refractivity contribution in [2.75, 3.05) is 0 Å². The van der Waals surface area contributed by atoms with E-state index in [0.717, 1.165) is 16.4 Å². The maximum absolute atomic E-state index is 10.7. The minimum Gasteiger partial charge on any atom is -0.456 e. The Morgan fingerprint density at radius 2 is 1.75 bits per heavy atom. The van der Waals surface area contributed by atoms with Gasteiger partial charge in [-0.05, 0) is 12.1 Å². The van der Waals surface area contributed by atoms with Crippen LogP contribution < -0.4 is 0 Å². The lowest BCUT2D eigenvalue weighted by Gasteiger charge is -1.90. The number of nitro groups is 1. The number of fused-ring (bicyclic) bond motifs is 3. The van der Waals surface area contributed by atoms with Crippen molar-refractivity contribution in [3.63, 3.8) is 0 Å². The van der Waals surface area contributed by atoms with Crippen molar-refractivity contribution in [1.82, 2.24) is 0 Å². The molecule has 0 fully saturated rings. The van der Waals surface area contributed by atoms with Crippen molar-refractivity contribution in [3.8, 4) is 0 Å². The second kappa shape index (κ2) is 3.06. The summed E-state index contributed by atoms with van der Waals surface area (Å²) in [6.07, 6.45) is 0. The Morgan fingerprint density at radius 3 is 2.56 bits per heavy atom. The van der Waals surface area contributed by atoms with E-state index in [1.54, 1.807) is 12.1 Å². The van der Waals surface area contributed by atoms with Crippen molar-refractivity contribution >= 4 is 27.6 Å². The van der Waals surface area contributed by atoms with E-state index in [-0.39, 0.29) is 5.69 Å². The average molecular weight is 213 g/mol. The van der Waals surface area contributed by atoms with Crippen LogP contribution in [-0.4, -0.2) is 4.92 Å². The highest BCUT2D eigenvalue weighted by Gasteiger charge is 2.11. The van der Waals surface area contributed by atoms with Gasteiger partial charge in [0.15, 0.2) is 0 Å². The Balaban J connectivity index is 2.44. The highest BCUT2D eigenvalue weighted by molar-refractivity contribution is 6.05. The molecule has 0 spiro atoms. The summed E-state index contributed by atoms with van der Waals surface area (Å²) in [6.45, 7) is 0. The van der Waals surface area contributed by atoms with Gasteiger partial charge in [0.25, 0.3) is 5.69 Å². The Labute approximate surface area is 90.2 Å². The summed E-state index contributed by atoms with van der Waals surface area (Å²) in [6, 6.07) is 12.1. The molecule has 0 saturated heterocycles. The van der Waals surface area contributed by atoms with Gasteiger partial charge in [-0.1, -0.05) is 18.2 Å². The van der Waals surface area contributed by atoms with E-state index in [1.165, 1.54) is 6.07 Å². The van der Waals surface area contributed by atoms with Crippen LogP contribution in [0.25, 0.3) is 21.9 Å². The summed E-state index contributed by atoms with van der Waals surface area (Å²) >= 11 is 0. The maximum atomic E-state index is 10.7. The fourth-order valence-corrected chi connectivity index (χ4v) is 1.83. The first-order valence-corrected chi connectivity index (χ1v) is 4.81. The van der Waals surface area contributed by atoms with E-state index in [0.29, 0.717) is 5.58 Å². The number of nitrogens with zero attached hydrogens (tertiary/aromatic N) is 1. The van der Waals surface area contributed by atoms with Crippen molar-refractivity contribution in [2.24, 2.45) is 0 Å². The molecule has 0 aliphatic heterocycles. The average Bonchev–Trinajstić information content (AvgIpc) is 2.66. The standard InChI is InChI=1S/C12H7NO3/c14-13(15)8-5-6-12-10(7-8)9-3-1-2-4-11(9)16-12/h1-7H. The van der Waals surface area contributed by atoms with Gasteiger partial charge in [0, 0.05) is 22.9 Å². The normalized spacial score (nSPS) is 11.0. The molecule has 0 atom stereocenters. The smallest absolute Gasteiger partial charge is 0.270 e. The van der Waals surface area contributed by atoms with Crippen molar-refractivity contribution < 1.29 is 9.34 Å². The van der Waals surface area contributed by atoms with Crippen LogP contribution >= 0.6 is 0 Å². The summed E-state index contributed by atoms with van der Waals surface area (Å²) in [7, 11) is 0. The van der Waals surface area contributed by atoms with Crippen molar-refractivity contribution in [3.05, 3.63) is 52.6 Å². The van der Waals surface area contributed by atoms with Gasteiger partial charge in [-0.2, -0.15) is 0 Å². The monoisotopic (exact) mass is 213 g/mol. The van der Waals surface area contributed by atoms with Crippen LogP contribution in [0.4, 0.5) is 5.69 Å². The van der Waals surface area contributed by atoms with Gasteiger partial charge in [-0.3, -0.25) is 10.1 Å². The summed E-state index contributed by atoms with van der Waals surface area (Å²) in [5.41, 5.74) is 1.50. The summed E-state index contributed by atoms with van der Waals surface area (Å²) in [5, 5.41) is 12.4. The zero-order valence-corrected chi connectivity index (χ0v) is 8.21. The zero-order valence-electron chi connectivity index (χ0n) is 8.21. The predicted molar refractivity (Wildman–Crippen MR) is 60.4 cm³/mol. The van der Waals surface area contributed by atoms with Crippen LogP contribution in [0.1, 0.15) is 0 Å². The molecule has 0 aliphatic rings. The Hall–Kier alpha value is -2.36. The van der Waals surface area contributed by atoms with Crippen molar-refractivity contribution in [1.29, 1.82) is 0 Å². The summed E-state index contributed by atoms with van der Waals surface area (Å²) in [4.78, 5) is 10.3. The van der Waals surface area contributed by atoms with Gasteiger partial charge in [0.1, 0.15) is 11.2 Å². The molecule has 16 heavy (non-hydrogen) atoms. The highest BCUT2D eigenvalue weighted by Crippen LogP contribution is 2.30. The lowest BCUT2D eigenvalue weighted by atomic mass is 10.1. The Kier molecular flexibility index (Phi) is 1.71. The van der Waals surface area contributed by atoms with Crippen LogP contribution in [0.5, 0.6) is 0 Å². The van der Waals surface area contributed by atoms with Gasteiger partial charge in [-0.15, -0.1) is 0 Å². The molecule has 0 amide bonds. The first-order valence-electron chi connectivity index (χ1n) is 4.81. The van der Waals surface area contributed by atoms with Crippen molar-refractivity contribution in [2.45, 2.75) is 0 Å². The molecule has 1 heterocycles. The second-order valence-corrected chi connectivity index (χ2v) is 3.54. The molecule has 0 radical (unpaired) electrons. The Morgan fingerprint density at radius 1 is 1.00 bits per heavy atom. The minimum atomic E-state index is -0.402. The van der Waals surface area contributed by atoms with Crippen LogP contribution in [0.15, 0.2) is 46.9 Å². The van der Waals surface area contributed by atoms with Crippen LogP contribution in [0.2, 0.25) is 0 Å². The number of hydrogen-bond acceptors (Lipinski definition) is 3. The van der Waals surface area contributed by atoms with E-state index in [2.05, 4.69) is 0 Å². The second-order valence-electron chi connectivity index (χ2n) is 3.54. The van der Waals surface area contributed by atoms with Crippen LogP contribution in [-0.2, 0) is 0 Å². The SMILES string of the molecule is O=[N+]([O-])c1ccc2oc3ccccc3c2c1. The summed E-state index contributed by atoms with van der Waals surface area (Å²) < 4.78 is 5.56. The largest absolute Gasteiger partial charge is 0.456 e. The molecular formula is C12H7NO3. The molecule has 1 aromatic heterocycles. The first-order chi connectivity index (χ1) is 7.75. The number of furan rings is 1. The van der Waals surface area contributed by atoms with Gasteiger partial charge in [0.05, 0.1) is 4.92 Å². The number of nitro benzene ring substituents is 1. The molecule has 4 heteroatoms. The van der Waals surface area contributed by atoms with E-state index in [9.17, 15) is 10.1 Å². The van der Waals surface area contributed by atoms with E-state index in [1.807, 2.05) is 24.3 Å². The van der Waals surface area contributed by atoms with E-state index >= 15 is 0 Å². The predicted octanol–water partition coefficient (Wildman–Crippen LogP) is 3.49. The fourth-order valence-electron chi connectivity index (χ4n) is 1.83. The highest BCUT2D eigenvalue weighted by atomic mass is 16.6. The minimum absolute atomic E-state index is 0.0825. The van der Waals surface area contributed by atoms with Gasteiger partial charge >= 0.3 is 0 Å². The number of rotatable bonds is 1. The molecule has 2 aromatic carbocycles. The molecule has 4 nitrogen and oxygen atoms in total. The maximum Gasteiger partial charge on any atom is 0.270 e. The van der Waals surface area contributed by atoms with Gasteiger partial charge in [0.2, 0.25) is 0 Å².